The van der Waals surface area contributed by atoms with Crippen LogP contribution >= 0.6 is 0 Å². The molecule has 14 heavy (non-hydrogen) atoms. The molecule has 2 heterocycles. The highest BCUT2D eigenvalue weighted by molar-refractivity contribution is 5.63. The van der Waals surface area contributed by atoms with E-state index >= 15 is 0 Å². The van der Waals surface area contributed by atoms with Gasteiger partial charge >= 0.3 is 0 Å². The molecule has 1 fully saturated rings. The van der Waals surface area contributed by atoms with E-state index in [9.17, 15) is 5.11 Å². The standard InChI is InChI=1S/C11H13NO2/c1-3-4-8(2)10-5-9(6-12-10)11(13)7-14-11/h3-6,12-13H,1,7H2,2H3/b8-4-. The van der Waals surface area contributed by atoms with Crippen molar-refractivity contribution in [1.82, 2.24) is 4.98 Å². The molecule has 3 heteroatoms. The number of aromatic amines is 1. The monoisotopic (exact) mass is 191 g/mol. The van der Waals surface area contributed by atoms with Crippen LogP contribution in [-0.2, 0) is 10.5 Å². The summed E-state index contributed by atoms with van der Waals surface area (Å²) in [7, 11) is 0. The third kappa shape index (κ3) is 1.52. The van der Waals surface area contributed by atoms with Crippen molar-refractivity contribution in [2.45, 2.75) is 12.7 Å². The Bertz CT molecular complexity index is 386. The van der Waals surface area contributed by atoms with E-state index < -0.39 is 5.79 Å². The quantitative estimate of drug-likeness (QED) is 0.565. The van der Waals surface area contributed by atoms with Gasteiger partial charge in [0.1, 0.15) is 6.61 Å². The molecule has 1 atom stereocenters. The minimum absolute atomic E-state index is 0.383. The van der Waals surface area contributed by atoms with Gasteiger partial charge in [0.15, 0.2) is 0 Å². The molecule has 1 saturated heterocycles. The Kier molecular flexibility index (Phi) is 2.06. The molecular formula is C11H13NO2. The average Bonchev–Trinajstić information content (AvgIpc) is 2.72. The van der Waals surface area contributed by atoms with E-state index in [0.29, 0.717) is 6.61 Å². The summed E-state index contributed by atoms with van der Waals surface area (Å²) in [6.45, 7) is 5.99. The van der Waals surface area contributed by atoms with Gasteiger partial charge in [-0.05, 0) is 18.6 Å². The first-order chi connectivity index (χ1) is 6.65. The average molecular weight is 191 g/mol. The number of hydrogen-bond donors (Lipinski definition) is 2. The van der Waals surface area contributed by atoms with Gasteiger partial charge in [-0.1, -0.05) is 18.7 Å². The van der Waals surface area contributed by atoms with Crippen LogP contribution in [0.2, 0.25) is 0 Å². The summed E-state index contributed by atoms with van der Waals surface area (Å²) in [5.74, 6) is -1.04. The fraction of sp³-hybridized carbons (Fsp3) is 0.273. The number of ether oxygens (including phenoxy) is 1. The van der Waals surface area contributed by atoms with Gasteiger partial charge in [-0.25, -0.2) is 0 Å². The zero-order valence-corrected chi connectivity index (χ0v) is 8.08. The minimum atomic E-state index is -1.04. The van der Waals surface area contributed by atoms with Crippen molar-refractivity contribution in [3.05, 3.63) is 42.3 Å². The fourth-order valence-electron chi connectivity index (χ4n) is 1.35. The van der Waals surface area contributed by atoms with Crippen molar-refractivity contribution in [1.29, 1.82) is 0 Å². The van der Waals surface area contributed by atoms with Crippen LogP contribution in [0, 0.1) is 0 Å². The first kappa shape index (κ1) is 9.24. The van der Waals surface area contributed by atoms with Gasteiger partial charge in [-0.3, -0.25) is 0 Å². The molecule has 0 aliphatic carbocycles. The summed E-state index contributed by atoms with van der Waals surface area (Å²) in [6.07, 6.45) is 5.41. The largest absolute Gasteiger partial charge is 0.361 e. The molecular weight excluding hydrogens is 178 g/mol. The Balaban J connectivity index is 2.26. The van der Waals surface area contributed by atoms with Crippen molar-refractivity contribution in [2.24, 2.45) is 0 Å². The van der Waals surface area contributed by atoms with E-state index in [1.54, 1.807) is 12.3 Å². The van der Waals surface area contributed by atoms with Crippen LogP contribution < -0.4 is 0 Å². The van der Waals surface area contributed by atoms with Crippen LogP contribution in [0.5, 0.6) is 0 Å². The van der Waals surface area contributed by atoms with Crippen molar-refractivity contribution >= 4 is 5.57 Å². The lowest BCUT2D eigenvalue weighted by molar-refractivity contribution is 0.0336. The molecule has 1 unspecified atom stereocenters. The van der Waals surface area contributed by atoms with Gasteiger partial charge in [0.05, 0.1) is 0 Å². The van der Waals surface area contributed by atoms with E-state index in [4.69, 9.17) is 4.74 Å². The van der Waals surface area contributed by atoms with Gasteiger partial charge in [0.2, 0.25) is 5.79 Å². The zero-order valence-electron chi connectivity index (χ0n) is 8.08. The van der Waals surface area contributed by atoms with Crippen LogP contribution in [0.1, 0.15) is 18.2 Å². The molecule has 0 bridgehead atoms. The summed E-state index contributed by atoms with van der Waals surface area (Å²) in [6, 6.07) is 1.89. The van der Waals surface area contributed by atoms with Crippen LogP contribution in [0.3, 0.4) is 0 Å². The molecule has 0 saturated carbocycles. The number of aliphatic hydroxyl groups is 1. The third-order valence-corrected chi connectivity index (χ3v) is 2.34. The number of H-pyrrole nitrogens is 1. The maximum Gasteiger partial charge on any atom is 0.218 e. The SMILES string of the molecule is C=C/C=C(/C)c1cc(C2(O)CO2)c[nH]1. The number of allylic oxidation sites excluding steroid dienone is 3. The lowest BCUT2D eigenvalue weighted by atomic mass is 10.1. The van der Waals surface area contributed by atoms with Crippen molar-refractivity contribution in [3.63, 3.8) is 0 Å². The van der Waals surface area contributed by atoms with Gasteiger partial charge in [-0.2, -0.15) is 0 Å². The lowest BCUT2D eigenvalue weighted by Gasteiger charge is -1.97. The molecule has 1 aliphatic heterocycles. The minimum Gasteiger partial charge on any atom is -0.361 e. The molecule has 74 valence electrons. The number of epoxide rings is 1. The second kappa shape index (κ2) is 3.12. The van der Waals surface area contributed by atoms with Crippen molar-refractivity contribution in [3.8, 4) is 0 Å². The van der Waals surface area contributed by atoms with E-state index in [-0.39, 0.29) is 0 Å². The smallest absolute Gasteiger partial charge is 0.218 e. The highest BCUT2D eigenvalue weighted by Crippen LogP contribution is 2.36. The maximum atomic E-state index is 9.64. The van der Waals surface area contributed by atoms with E-state index in [1.807, 2.05) is 19.1 Å². The Morgan fingerprint density at radius 1 is 1.79 bits per heavy atom. The predicted molar refractivity (Wildman–Crippen MR) is 54.5 cm³/mol. The predicted octanol–water partition coefficient (Wildman–Crippen LogP) is 1.78. The molecule has 1 aliphatic rings. The second-order valence-corrected chi connectivity index (χ2v) is 3.46. The van der Waals surface area contributed by atoms with Crippen LogP contribution in [-0.4, -0.2) is 16.7 Å². The van der Waals surface area contributed by atoms with E-state index in [2.05, 4.69) is 11.6 Å². The first-order valence-corrected chi connectivity index (χ1v) is 4.50. The Morgan fingerprint density at radius 2 is 2.50 bits per heavy atom. The van der Waals surface area contributed by atoms with Gasteiger partial charge < -0.3 is 14.8 Å². The Labute approximate surface area is 82.7 Å². The fourth-order valence-corrected chi connectivity index (χ4v) is 1.35. The molecule has 1 aromatic heterocycles. The first-order valence-electron chi connectivity index (χ1n) is 4.50. The molecule has 2 N–H and O–H groups in total. The highest BCUT2D eigenvalue weighted by Gasteiger charge is 2.45. The zero-order chi connectivity index (χ0) is 10.2. The maximum absolute atomic E-state index is 9.64. The molecule has 0 spiro atoms. The van der Waals surface area contributed by atoms with E-state index in [0.717, 1.165) is 16.8 Å². The van der Waals surface area contributed by atoms with Crippen molar-refractivity contribution < 1.29 is 9.84 Å². The topological polar surface area (TPSA) is 48.5 Å². The van der Waals surface area contributed by atoms with Gasteiger partial charge in [0.25, 0.3) is 0 Å². The van der Waals surface area contributed by atoms with Crippen LogP contribution in [0.25, 0.3) is 5.57 Å². The number of rotatable bonds is 3. The molecule has 0 amide bonds. The molecule has 1 aromatic rings. The molecule has 2 rings (SSSR count). The van der Waals surface area contributed by atoms with Crippen molar-refractivity contribution in [2.75, 3.05) is 6.61 Å². The second-order valence-electron chi connectivity index (χ2n) is 3.46. The molecule has 0 radical (unpaired) electrons. The number of nitrogens with one attached hydrogen (secondary N) is 1. The summed E-state index contributed by atoms with van der Waals surface area (Å²) in [4.78, 5) is 3.08. The summed E-state index contributed by atoms with van der Waals surface area (Å²) in [5.41, 5.74) is 2.84. The Hall–Kier alpha value is -1.32. The number of hydrogen-bond acceptors (Lipinski definition) is 2. The highest BCUT2D eigenvalue weighted by atomic mass is 16.7. The van der Waals surface area contributed by atoms with Crippen LogP contribution in [0.15, 0.2) is 31.0 Å². The van der Waals surface area contributed by atoms with Gasteiger partial charge in [-0.15, -0.1) is 0 Å². The third-order valence-electron chi connectivity index (χ3n) is 2.34. The molecule has 3 nitrogen and oxygen atoms in total. The molecule has 0 aromatic carbocycles. The lowest BCUT2D eigenvalue weighted by Crippen LogP contribution is -2.04. The Morgan fingerprint density at radius 3 is 3.07 bits per heavy atom. The summed E-state index contributed by atoms with van der Waals surface area (Å²) >= 11 is 0. The van der Waals surface area contributed by atoms with Crippen LogP contribution in [0.4, 0.5) is 0 Å². The van der Waals surface area contributed by atoms with Gasteiger partial charge in [0, 0.05) is 17.5 Å². The summed E-state index contributed by atoms with van der Waals surface area (Å²) < 4.78 is 4.93. The summed E-state index contributed by atoms with van der Waals surface area (Å²) in [5, 5.41) is 9.64. The normalized spacial score (nSPS) is 26.3. The number of aromatic nitrogens is 1. The van der Waals surface area contributed by atoms with E-state index in [1.165, 1.54) is 0 Å².